The molecule has 0 aliphatic carbocycles. The van der Waals surface area contributed by atoms with Crippen molar-refractivity contribution < 1.29 is 37.6 Å². The minimum atomic E-state index is -4.37. The van der Waals surface area contributed by atoms with Crippen LogP contribution >= 0.6 is 7.82 Å². The van der Waals surface area contributed by atoms with Crippen LogP contribution in [0.4, 0.5) is 0 Å². The lowest BCUT2D eigenvalue weighted by atomic mass is 10.1. The summed E-state index contributed by atoms with van der Waals surface area (Å²) < 4.78 is 32.4. The van der Waals surface area contributed by atoms with Gasteiger partial charge < -0.3 is 20.1 Å². The first-order chi connectivity index (χ1) is 22.8. The number of hydrogen-bond donors (Lipinski definition) is 2. The van der Waals surface area contributed by atoms with Gasteiger partial charge in [-0.1, -0.05) is 120 Å². The summed E-state index contributed by atoms with van der Waals surface area (Å²) in [5, 5.41) is 0. The summed E-state index contributed by atoms with van der Waals surface area (Å²) in [6, 6.07) is 0. The number of phosphoric acid groups is 1. The van der Waals surface area contributed by atoms with E-state index in [-0.39, 0.29) is 32.6 Å². The largest absolute Gasteiger partial charge is 0.472 e. The van der Waals surface area contributed by atoms with Gasteiger partial charge in [-0.25, -0.2) is 4.57 Å². The number of ether oxygens (including phenoxy) is 2. The Kier molecular flexibility index (Phi) is 32.0. The van der Waals surface area contributed by atoms with Gasteiger partial charge in [0.1, 0.15) is 6.61 Å². The maximum absolute atomic E-state index is 12.5. The monoisotopic (exact) mass is 681 g/mol. The Morgan fingerprint density at radius 3 is 1.74 bits per heavy atom. The first kappa shape index (κ1) is 44.7. The minimum Gasteiger partial charge on any atom is -0.462 e. The zero-order valence-electron chi connectivity index (χ0n) is 29.2. The predicted octanol–water partition coefficient (Wildman–Crippen LogP) is 9.38. The lowest BCUT2D eigenvalue weighted by molar-refractivity contribution is -0.161. The van der Waals surface area contributed by atoms with Crippen molar-refractivity contribution in [1.82, 2.24) is 0 Å². The maximum Gasteiger partial charge on any atom is 0.472 e. The summed E-state index contributed by atoms with van der Waals surface area (Å²) in [4.78, 5) is 34.5. The Balaban J connectivity index is 4.29. The molecule has 0 heterocycles. The molecule has 0 rings (SSSR count). The highest BCUT2D eigenvalue weighted by Crippen LogP contribution is 2.43. The van der Waals surface area contributed by atoms with Crippen molar-refractivity contribution in [3.63, 3.8) is 0 Å². The molecule has 2 unspecified atom stereocenters. The van der Waals surface area contributed by atoms with Gasteiger partial charge in [-0.05, 0) is 57.8 Å². The van der Waals surface area contributed by atoms with E-state index in [1.165, 1.54) is 19.3 Å². The average molecular weight is 682 g/mol. The highest BCUT2D eigenvalue weighted by atomic mass is 31.2. The van der Waals surface area contributed by atoms with Crippen molar-refractivity contribution >= 4 is 19.8 Å². The van der Waals surface area contributed by atoms with Crippen molar-refractivity contribution in [2.75, 3.05) is 26.4 Å². The number of hydrogen-bond acceptors (Lipinski definition) is 8. The fraction of sp³-hybridized carbons (Fsp3) is 0.676. The summed E-state index contributed by atoms with van der Waals surface area (Å²) in [6.45, 7) is 3.49. The van der Waals surface area contributed by atoms with E-state index in [9.17, 15) is 19.0 Å². The molecular formula is C37H64NO8P. The molecule has 2 atom stereocenters. The Labute approximate surface area is 285 Å². The van der Waals surface area contributed by atoms with Gasteiger partial charge in [0.15, 0.2) is 6.10 Å². The number of rotatable bonds is 32. The van der Waals surface area contributed by atoms with E-state index in [1.807, 2.05) is 0 Å². The summed E-state index contributed by atoms with van der Waals surface area (Å²) in [5.41, 5.74) is 5.31. The first-order valence-electron chi connectivity index (χ1n) is 17.8. The quantitative estimate of drug-likeness (QED) is 0.0308. The van der Waals surface area contributed by atoms with Gasteiger partial charge in [-0.15, -0.1) is 0 Å². The fourth-order valence-corrected chi connectivity index (χ4v) is 5.07. The Hall–Kier alpha value is -2.29. The molecule has 0 aliphatic rings. The van der Waals surface area contributed by atoms with Gasteiger partial charge in [-0.2, -0.15) is 0 Å². The highest BCUT2D eigenvalue weighted by Gasteiger charge is 2.25. The number of allylic oxidation sites excluding steroid dienone is 10. The van der Waals surface area contributed by atoms with Crippen LogP contribution in [0, 0.1) is 0 Å². The molecule has 0 aromatic carbocycles. The zero-order valence-corrected chi connectivity index (χ0v) is 30.1. The molecule has 270 valence electrons. The first-order valence-corrected chi connectivity index (χ1v) is 19.3. The van der Waals surface area contributed by atoms with Gasteiger partial charge in [-0.3, -0.25) is 18.6 Å². The number of carbonyl (C=O) groups excluding carboxylic acids is 2. The Bertz CT molecular complexity index is 960. The van der Waals surface area contributed by atoms with Crippen LogP contribution in [0.3, 0.4) is 0 Å². The van der Waals surface area contributed by atoms with Crippen LogP contribution in [0.1, 0.15) is 129 Å². The van der Waals surface area contributed by atoms with Crippen LogP contribution in [0.2, 0.25) is 0 Å². The van der Waals surface area contributed by atoms with Gasteiger partial charge in [0, 0.05) is 19.4 Å². The van der Waals surface area contributed by atoms with E-state index in [4.69, 9.17) is 24.3 Å². The molecule has 0 radical (unpaired) electrons. The summed E-state index contributed by atoms with van der Waals surface area (Å²) in [5.74, 6) is -0.881. The van der Waals surface area contributed by atoms with Crippen LogP contribution in [-0.2, 0) is 32.7 Å². The smallest absolute Gasteiger partial charge is 0.462 e. The third-order valence-corrected chi connectivity index (χ3v) is 7.90. The van der Waals surface area contributed by atoms with Crippen molar-refractivity contribution in [3.8, 4) is 0 Å². The van der Waals surface area contributed by atoms with E-state index >= 15 is 0 Å². The molecule has 0 aromatic heterocycles. The van der Waals surface area contributed by atoms with Crippen LogP contribution in [0.15, 0.2) is 60.8 Å². The number of nitrogens with two attached hydrogens (primary N) is 1. The van der Waals surface area contributed by atoms with Gasteiger partial charge >= 0.3 is 19.8 Å². The molecule has 47 heavy (non-hydrogen) atoms. The number of carbonyl (C=O) groups is 2. The maximum atomic E-state index is 12.5. The lowest BCUT2D eigenvalue weighted by Crippen LogP contribution is -2.29. The van der Waals surface area contributed by atoms with E-state index in [0.717, 1.165) is 77.0 Å². The molecule has 0 amide bonds. The molecule has 0 fully saturated rings. The molecule has 0 spiro atoms. The standard InChI is InChI=1S/C37H64NO8P/c1-3-5-7-9-11-12-13-14-15-16-17-18-19-20-21-22-24-26-28-30-37(40)46-35(34-45-47(41,42)44-32-31-38)33-43-36(39)29-27-25-23-10-8-6-4-2/h5,7,11-12,14-15,17-18,20-21,35H,3-4,6,8-10,13,16,19,22-34,38H2,1-2H3,(H,41,42)/b7-5-,12-11-,15-14-,18-17-,21-20-. The molecule has 0 saturated carbocycles. The molecular weight excluding hydrogens is 617 g/mol. The molecule has 0 aliphatic heterocycles. The van der Waals surface area contributed by atoms with Gasteiger partial charge in [0.25, 0.3) is 0 Å². The Morgan fingerprint density at radius 1 is 0.660 bits per heavy atom. The number of phosphoric ester groups is 1. The third kappa shape index (κ3) is 33.4. The van der Waals surface area contributed by atoms with Gasteiger partial charge in [0.05, 0.1) is 13.2 Å². The highest BCUT2D eigenvalue weighted by molar-refractivity contribution is 7.47. The van der Waals surface area contributed by atoms with E-state index < -0.39 is 32.5 Å². The van der Waals surface area contributed by atoms with Crippen molar-refractivity contribution in [2.45, 2.75) is 136 Å². The summed E-state index contributed by atoms with van der Waals surface area (Å²) in [7, 11) is -4.37. The van der Waals surface area contributed by atoms with Gasteiger partial charge in [0.2, 0.25) is 0 Å². The Morgan fingerprint density at radius 2 is 1.17 bits per heavy atom. The van der Waals surface area contributed by atoms with E-state index in [1.54, 1.807) is 0 Å². The molecule has 0 aromatic rings. The lowest BCUT2D eigenvalue weighted by Gasteiger charge is -2.19. The topological polar surface area (TPSA) is 134 Å². The normalized spacial score (nSPS) is 14.2. The second-order valence-corrected chi connectivity index (χ2v) is 12.8. The summed E-state index contributed by atoms with van der Waals surface area (Å²) >= 11 is 0. The van der Waals surface area contributed by atoms with Crippen molar-refractivity contribution in [3.05, 3.63) is 60.8 Å². The fourth-order valence-electron chi connectivity index (χ4n) is 4.31. The average Bonchev–Trinajstić information content (AvgIpc) is 3.05. The SMILES string of the molecule is CC/C=C\C/C=C\C/C=C\C/C=C\C/C=C\CCCCCC(=O)OC(COC(=O)CCCCCCCCC)COP(=O)(O)OCCN. The van der Waals surface area contributed by atoms with Crippen LogP contribution in [0.5, 0.6) is 0 Å². The van der Waals surface area contributed by atoms with E-state index in [2.05, 4.69) is 74.6 Å². The van der Waals surface area contributed by atoms with Crippen LogP contribution in [-0.4, -0.2) is 49.3 Å². The van der Waals surface area contributed by atoms with E-state index in [0.29, 0.717) is 6.42 Å². The zero-order chi connectivity index (χ0) is 34.7. The van der Waals surface area contributed by atoms with Crippen molar-refractivity contribution in [1.29, 1.82) is 0 Å². The van der Waals surface area contributed by atoms with Crippen LogP contribution < -0.4 is 5.73 Å². The second kappa shape index (κ2) is 33.6. The molecule has 0 saturated heterocycles. The molecule has 3 N–H and O–H groups in total. The molecule has 9 nitrogen and oxygen atoms in total. The molecule has 10 heteroatoms. The predicted molar refractivity (Wildman–Crippen MR) is 192 cm³/mol. The number of unbranched alkanes of at least 4 members (excludes halogenated alkanes) is 9. The second-order valence-electron chi connectivity index (χ2n) is 11.4. The van der Waals surface area contributed by atoms with Crippen molar-refractivity contribution in [2.24, 2.45) is 5.73 Å². The summed E-state index contributed by atoms with van der Waals surface area (Å²) in [6.07, 6.45) is 37.0. The minimum absolute atomic E-state index is 0.0453. The van der Waals surface area contributed by atoms with Crippen LogP contribution in [0.25, 0.3) is 0 Å². The molecule has 0 bridgehead atoms. The number of esters is 2. The third-order valence-electron chi connectivity index (χ3n) is 6.92.